The van der Waals surface area contributed by atoms with Gasteiger partial charge in [0.05, 0.1) is 20.1 Å². The van der Waals surface area contributed by atoms with Crippen LogP contribution in [-0.4, -0.2) is 30.6 Å². The lowest BCUT2D eigenvalue weighted by molar-refractivity contribution is -0.136. The van der Waals surface area contributed by atoms with Crippen molar-refractivity contribution in [1.82, 2.24) is 0 Å². The van der Waals surface area contributed by atoms with Crippen molar-refractivity contribution in [1.29, 1.82) is 0 Å². The van der Waals surface area contributed by atoms with Crippen molar-refractivity contribution in [2.75, 3.05) is 13.7 Å². The highest BCUT2D eigenvalue weighted by Gasteiger charge is 2.15. The highest BCUT2D eigenvalue weighted by Crippen LogP contribution is 2.31. The van der Waals surface area contributed by atoms with Gasteiger partial charge in [0.2, 0.25) is 0 Å². The summed E-state index contributed by atoms with van der Waals surface area (Å²) in [6.07, 6.45) is 7.76. The molecule has 31 heavy (non-hydrogen) atoms. The van der Waals surface area contributed by atoms with Crippen LogP contribution in [0.4, 0.5) is 0 Å². The quantitative estimate of drug-likeness (QED) is 0.265. The van der Waals surface area contributed by atoms with Gasteiger partial charge >= 0.3 is 5.97 Å². The Kier molecular flexibility index (Phi) is 9.32. The minimum atomic E-state index is -0.889. The van der Waals surface area contributed by atoms with E-state index in [0.29, 0.717) is 17.9 Å². The Morgan fingerprint density at radius 2 is 1.77 bits per heavy atom. The Hall–Kier alpha value is -3.08. The monoisotopic (exact) mass is 424 g/mol. The van der Waals surface area contributed by atoms with Gasteiger partial charge in [0, 0.05) is 11.1 Å². The summed E-state index contributed by atoms with van der Waals surface area (Å²) < 4.78 is 11.2. The number of benzene rings is 2. The molecule has 0 saturated carbocycles. The minimum absolute atomic E-state index is 0.0655. The third-order valence-electron chi connectivity index (χ3n) is 5.26. The third kappa shape index (κ3) is 6.99. The Morgan fingerprint density at radius 1 is 1.06 bits per heavy atom. The number of carboxylic acid groups (broad SMARTS) is 1. The molecule has 0 spiro atoms. The second kappa shape index (κ2) is 11.9. The van der Waals surface area contributed by atoms with Crippen molar-refractivity contribution in [2.24, 2.45) is 0 Å². The first-order chi connectivity index (χ1) is 14.9. The summed E-state index contributed by atoms with van der Waals surface area (Å²) in [6.45, 7) is 6.57. The number of hydrogen-bond donors (Lipinski definition) is 1. The van der Waals surface area contributed by atoms with Crippen LogP contribution in [0.15, 0.2) is 36.4 Å². The van der Waals surface area contributed by atoms with Gasteiger partial charge in [0.1, 0.15) is 11.5 Å². The molecule has 0 saturated heterocycles. The van der Waals surface area contributed by atoms with E-state index in [4.69, 9.17) is 14.6 Å². The lowest BCUT2D eigenvalue weighted by atomic mass is 9.95. The molecule has 1 N–H and O–H groups in total. The summed E-state index contributed by atoms with van der Waals surface area (Å²) in [7, 11) is 1.54. The number of unbranched alkanes of at least 4 members (excludes halogenated alkanes) is 3. The SMILES string of the molecule is CCCCCCOc1ccc(C(=O)C=Cc2cc(C)c(CC(=O)O)c(C)c2OC)cc1. The van der Waals surface area contributed by atoms with Crippen LogP contribution in [-0.2, 0) is 11.2 Å². The molecule has 5 heteroatoms. The molecule has 2 aromatic carbocycles. The molecule has 0 radical (unpaired) electrons. The second-order valence-electron chi connectivity index (χ2n) is 7.62. The zero-order valence-corrected chi connectivity index (χ0v) is 18.9. The molecule has 0 aliphatic carbocycles. The van der Waals surface area contributed by atoms with Crippen LogP contribution < -0.4 is 9.47 Å². The first-order valence-corrected chi connectivity index (χ1v) is 10.7. The summed E-state index contributed by atoms with van der Waals surface area (Å²) in [5.74, 6) is 0.332. The van der Waals surface area contributed by atoms with Gasteiger partial charge in [-0.05, 0) is 79.4 Å². The van der Waals surface area contributed by atoms with E-state index in [0.717, 1.165) is 40.8 Å². The van der Waals surface area contributed by atoms with Crippen molar-refractivity contribution < 1.29 is 24.2 Å². The predicted molar refractivity (Wildman–Crippen MR) is 123 cm³/mol. The molecule has 0 aliphatic rings. The summed E-state index contributed by atoms with van der Waals surface area (Å²) in [4.78, 5) is 23.7. The van der Waals surface area contributed by atoms with E-state index in [1.54, 1.807) is 25.3 Å². The van der Waals surface area contributed by atoms with E-state index < -0.39 is 5.97 Å². The molecule has 2 aromatic rings. The smallest absolute Gasteiger partial charge is 0.307 e. The number of methoxy groups -OCH3 is 1. The number of aliphatic carboxylic acids is 1. The van der Waals surface area contributed by atoms with Gasteiger partial charge in [-0.3, -0.25) is 9.59 Å². The normalized spacial score (nSPS) is 11.0. The highest BCUT2D eigenvalue weighted by molar-refractivity contribution is 6.07. The molecule has 0 heterocycles. The molecule has 0 aliphatic heterocycles. The number of carboxylic acids is 1. The van der Waals surface area contributed by atoms with Crippen molar-refractivity contribution in [3.63, 3.8) is 0 Å². The number of allylic oxidation sites excluding steroid dienone is 1. The largest absolute Gasteiger partial charge is 0.496 e. The van der Waals surface area contributed by atoms with Crippen LogP contribution in [0.3, 0.4) is 0 Å². The van der Waals surface area contributed by atoms with Gasteiger partial charge in [-0.25, -0.2) is 0 Å². The number of carbonyl (C=O) groups excluding carboxylic acids is 1. The molecular formula is C26H32O5. The van der Waals surface area contributed by atoms with E-state index in [1.807, 2.05) is 32.0 Å². The summed E-state index contributed by atoms with van der Waals surface area (Å²) >= 11 is 0. The molecule has 5 nitrogen and oxygen atoms in total. The summed E-state index contributed by atoms with van der Waals surface area (Å²) in [6, 6.07) is 9.01. The summed E-state index contributed by atoms with van der Waals surface area (Å²) in [5.41, 5.74) is 3.68. The van der Waals surface area contributed by atoms with Gasteiger partial charge < -0.3 is 14.6 Å². The Labute approximate surface area is 184 Å². The van der Waals surface area contributed by atoms with Gasteiger partial charge in [0.15, 0.2) is 5.78 Å². The molecule has 166 valence electrons. The zero-order valence-electron chi connectivity index (χ0n) is 18.9. The average molecular weight is 425 g/mol. The Morgan fingerprint density at radius 3 is 2.39 bits per heavy atom. The topological polar surface area (TPSA) is 72.8 Å². The maximum Gasteiger partial charge on any atom is 0.307 e. The van der Waals surface area contributed by atoms with E-state index in [2.05, 4.69) is 6.92 Å². The third-order valence-corrected chi connectivity index (χ3v) is 5.26. The first-order valence-electron chi connectivity index (χ1n) is 10.7. The van der Waals surface area contributed by atoms with E-state index in [9.17, 15) is 9.59 Å². The number of ether oxygens (including phenoxy) is 2. The Balaban J connectivity index is 2.09. The molecule has 2 rings (SSSR count). The van der Waals surface area contributed by atoms with E-state index >= 15 is 0 Å². The molecule has 0 fully saturated rings. The van der Waals surface area contributed by atoms with Crippen molar-refractivity contribution in [2.45, 2.75) is 52.9 Å². The van der Waals surface area contributed by atoms with E-state index in [-0.39, 0.29) is 12.2 Å². The molecule has 0 amide bonds. The predicted octanol–water partition coefficient (Wildman–Crippen LogP) is 5.79. The second-order valence-corrected chi connectivity index (χ2v) is 7.62. The number of rotatable bonds is 12. The van der Waals surface area contributed by atoms with Crippen LogP contribution in [0.5, 0.6) is 11.5 Å². The van der Waals surface area contributed by atoms with Crippen molar-refractivity contribution >= 4 is 17.8 Å². The maximum absolute atomic E-state index is 12.6. The molecular weight excluding hydrogens is 392 g/mol. The van der Waals surface area contributed by atoms with Crippen LogP contribution in [0.1, 0.15) is 65.2 Å². The fourth-order valence-electron chi connectivity index (χ4n) is 3.55. The van der Waals surface area contributed by atoms with Crippen LogP contribution >= 0.6 is 0 Å². The average Bonchev–Trinajstić information content (AvgIpc) is 2.75. The lowest BCUT2D eigenvalue weighted by Gasteiger charge is -2.15. The van der Waals surface area contributed by atoms with Crippen molar-refractivity contribution in [3.05, 3.63) is 64.2 Å². The molecule has 0 unspecified atom stereocenters. The van der Waals surface area contributed by atoms with Crippen LogP contribution in [0, 0.1) is 13.8 Å². The van der Waals surface area contributed by atoms with Crippen molar-refractivity contribution in [3.8, 4) is 11.5 Å². The number of hydrogen-bond acceptors (Lipinski definition) is 4. The van der Waals surface area contributed by atoms with Crippen LogP contribution in [0.2, 0.25) is 0 Å². The van der Waals surface area contributed by atoms with E-state index in [1.165, 1.54) is 18.9 Å². The lowest BCUT2D eigenvalue weighted by Crippen LogP contribution is -2.06. The van der Waals surface area contributed by atoms with Gasteiger partial charge in [-0.1, -0.05) is 26.2 Å². The fourth-order valence-corrected chi connectivity index (χ4v) is 3.55. The maximum atomic E-state index is 12.6. The molecule has 0 bridgehead atoms. The number of carbonyl (C=O) groups is 2. The first kappa shape index (κ1) is 24.2. The van der Waals surface area contributed by atoms with Gasteiger partial charge in [0.25, 0.3) is 0 Å². The number of aryl methyl sites for hydroxylation is 1. The van der Waals surface area contributed by atoms with Gasteiger partial charge in [-0.2, -0.15) is 0 Å². The molecule has 0 aromatic heterocycles. The highest BCUT2D eigenvalue weighted by atomic mass is 16.5. The Bertz CT molecular complexity index is 926. The zero-order chi connectivity index (χ0) is 22.8. The van der Waals surface area contributed by atoms with Gasteiger partial charge in [-0.15, -0.1) is 0 Å². The minimum Gasteiger partial charge on any atom is -0.496 e. The summed E-state index contributed by atoms with van der Waals surface area (Å²) in [5, 5.41) is 9.14. The molecule has 0 atom stereocenters. The number of ketones is 1. The van der Waals surface area contributed by atoms with Crippen LogP contribution in [0.25, 0.3) is 6.08 Å². The standard InChI is InChI=1S/C26H32O5/c1-5-6-7-8-15-31-22-12-9-20(10-13-22)24(27)14-11-21-16-18(2)23(17-25(28)29)19(3)26(21)30-4/h9-14,16H,5-8,15,17H2,1-4H3,(H,28,29). The fraction of sp³-hybridized carbons (Fsp3) is 0.385.